The van der Waals surface area contributed by atoms with Crippen LogP contribution in [0.4, 0.5) is 0 Å². The number of aryl methyl sites for hydroxylation is 1. The first kappa shape index (κ1) is 11.3. The van der Waals surface area contributed by atoms with Crippen molar-refractivity contribution in [1.82, 2.24) is 9.88 Å². The van der Waals surface area contributed by atoms with Gasteiger partial charge in [-0.05, 0) is 65.5 Å². The van der Waals surface area contributed by atoms with E-state index in [1.807, 2.05) is 0 Å². The molecule has 1 fully saturated rings. The van der Waals surface area contributed by atoms with Gasteiger partial charge in [-0.15, -0.1) is 0 Å². The smallest absolute Gasteiger partial charge is 0.0489 e. The monoisotopic (exact) mass is 292 g/mol. The molecule has 90 valence electrons. The Bertz CT molecular complexity index is 538. The number of nitrogens with zero attached hydrogens (tertiary/aromatic N) is 1. The Kier molecular flexibility index (Phi) is 2.97. The predicted molar refractivity (Wildman–Crippen MR) is 75.3 cm³/mol. The van der Waals surface area contributed by atoms with Crippen LogP contribution >= 0.6 is 15.9 Å². The number of hydrogen-bond donors (Lipinski definition) is 1. The molecule has 1 aromatic carbocycles. The van der Waals surface area contributed by atoms with Gasteiger partial charge < -0.3 is 9.88 Å². The van der Waals surface area contributed by atoms with Gasteiger partial charge in [0.05, 0.1) is 0 Å². The zero-order chi connectivity index (χ0) is 11.8. The molecule has 0 spiro atoms. The van der Waals surface area contributed by atoms with Gasteiger partial charge in [-0.3, -0.25) is 0 Å². The van der Waals surface area contributed by atoms with E-state index in [4.69, 9.17) is 0 Å². The van der Waals surface area contributed by atoms with Crippen LogP contribution in [0.25, 0.3) is 10.9 Å². The lowest BCUT2D eigenvalue weighted by Crippen LogP contribution is -2.10. The Balaban J connectivity index is 1.92. The van der Waals surface area contributed by atoms with Crippen LogP contribution in [-0.4, -0.2) is 17.7 Å². The standard InChI is InChI=1S/C14H17BrN2/c1-17-9-13(15)12-7-10(2-3-14(12)17)6-11-4-5-16-8-11/h2-3,7,9,11,16H,4-6,8H2,1H3. The fraction of sp³-hybridized carbons (Fsp3) is 0.429. The van der Waals surface area contributed by atoms with Crippen molar-refractivity contribution in [1.29, 1.82) is 0 Å². The van der Waals surface area contributed by atoms with E-state index in [0.29, 0.717) is 0 Å². The first-order valence-electron chi connectivity index (χ1n) is 6.18. The topological polar surface area (TPSA) is 17.0 Å². The molecule has 2 heterocycles. The molecule has 0 amide bonds. The van der Waals surface area contributed by atoms with E-state index in [-0.39, 0.29) is 0 Å². The highest BCUT2D eigenvalue weighted by Gasteiger charge is 2.15. The second-order valence-electron chi connectivity index (χ2n) is 5.00. The summed E-state index contributed by atoms with van der Waals surface area (Å²) in [6.07, 6.45) is 4.64. The molecular weight excluding hydrogens is 276 g/mol. The van der Waals surface area contributed by atoms with E-state index < -0.39 is 0 Å². The lowest BCUT2D eigenvalue weighted by Gasteiger charge is -2.08. The highest BCUT2D eigenvalue weighted by Crippen LogP contribution is 2.27. The molecule has 3 heteroatoms. The normalized spacial score (nSPS) is 20.2. The van der Waals surface area contributed by atoms with E-state index in [2.05, 4.69) is 57.3 Å². The molecule has 1 aromatic heterocycles. The molecule has 0 saturated carbocycles. The van der Waals surface area contributed by atoms with Crippen LogP contribution < -0.4 is 5.32 Å². The van der Waals surface area contributed by atoms with Crippen molar-refractivity contribution in [3.63, 3.8) is 0 Å². The number of rotatable bonds is 2. The van der Waals surface area contributed by atoms with Gasteiger partial charge in [0, 0.05) is 28.6 Å². The van der Waals surface area contributed by atoms with E-state index in [1.165, 1.54) is 46.9 Å². The zero-order valence-electron chi connectivity index (χ0n) is 10.0. The number of benzene rings is 1. The third-order valence-electron chi connectivity index (χ3n) is 3.69. The van der Waals surface area contributed by atoms with E-state index in [0.717, 1.165) is 5.92 Å². The molecule has 2 nitrogen and oxygen atoms in total. The van der Waals surface area contributed by atoms with Crippen LogP contribution in [-0.2, 0) is 13.5 Å². The molecule has 3 rings (SSSR count). The number of fused-ring (bicyclic) bond motifs is 1. The van der Waals surface area contributed by atoms with Crippen molar-refractivity contribution in [2.75, 3.05) is 13.1 Å². The maximum Gasteiger partial charge on any atom is 0.0489 e. The Morgan fingerprint density at radius 1 is 1.47 bits per heavy atom. The summed E-state index contributed by atoms with van der Waals surface area (Å²) in [6.45, 7) is 2.36. The van der Waals surface area contributed by atoms with Gasteiger partial charge in [-0.2, -0.15) is 0 Å². The summed E-state index contributed by atoms with van der Waals surface area (Å²) in [5.41, 5.74) is 2.75. The van der Waals surface area contributed by atoms with Crippen molar-refractivity contribution in [3.05, 3.63) is 34.4 Å². The maximum atomic E-state index is 3.63. The largest absolute Gasteiger partial charge is 0.349 e. The average Bonchev–Trinajstić information content (AvgIpc) is 2.89. The second kappa shape index (κ2) is 4.46. The van der Waals surface area contributed by atoms with Crippen LogP contribution in [0.3, 0.4) is 0 Å². The fourth-order valence-corrected chi connectivity index (χ4v) is 3.36. The minimum absolute atomic E-state index is 0.815. The number of halogens is 1. The highest BCUT2D eigenvalue weighted by molar-refractivity contribution is 9.10. The van der Waals surface area contributed by atoms with E-state index in [1.54, 1.807) is 0 Å². The summed E-state index contributed by atoms with van der Waals surface area (Å²) in [7, 11) is 2.09. The van der Waals surface area contributed by atoms with Gasteiger partial charge in [0.1, 0.15) is 0 Å². The summed E-state index contributed by atoms with van der Waals surface area (Å²) in [6, 6.07) is 6.84. The molecule has 0 bridgehead atoms. The molecule has 0 radical (unpaired) electrons. The quantitative estimate of drug-likeness (QED) is 0.900. The summed E-state index contributed by atoms with van der Waals surface area (Å²) < 4.78 is 3.36. The number of hydrogen-bond acceptors (Lipinski definition) is 1. The summed E-state index contributed by atoms with van der Waals surface area (Å²) in [5.74, 6) is 0.815. The van der Waals surface area contributed by atoms with E-state index >= 15 is 0 Å². The van der Waals surface area contributed by atoms with Gasteiger partial charge in [0.25, 0.3) is 0 Å². The minimum Gasteiger partial charge on any atom is -0.349 e. The highest BCUT2D eigenvalue weighted by atomic mass is 79.9. The first-order valence-corrected chi connectivity index (χ1v) is 6.97. The van der Waals surface area contributed by atoms with Crippen LogP contribution in [0.2, 0.25) is 0 Å². The summed E-state index contributed by atoms with van der Waals surface area (Å²) >= 11 is 3.63. The average molecular weight is 293 g/mol. The predicted octanol–water partition coefficient (Wildman–Crippen LogP) is 3.09. The Hall–Kier alpha value is -0.800. The second-order valence-corrected chi connectivity index (χ2v) is 5.86. The van der Waals surface area contributed by atoms with Crippen LogP contribution in [0.1, 0.15) is 12.0 Å². The van der Waals surface area contributed by atoms with Crippen molar-refractivity contribution >= 4 is 26.8 Å². The molecule has 1 aliphatic rings. The molecule has 17 heavy (non-hydrogen) atoms. The Morgan fingerprint density at radius 3 is 3.12 bits per heavy atom. The van der Waals surface area contributed by atoms with Gasteiger partial charge in [-0.1, -0.05) is 6.07 Å². The van der Waals surface area contributed by atoms with Crippen molar-refractivity contribution < 1.29 is 0 Å². The maximum absolute atomic E-state index is 3.63. The summed E-state index contributed by atoms with van der Waals surface area (Å²) in [4.78, 5) is 0. The molecular formula is C14H17BrN2. The number of aromatic nitrogens is 1. The molecule has 1 saturated heterocycles. The molecule has 1 unspecified atom stereocenters. The van der Waals surface area contributed by atoms with Crippen LogP contribution in [0.5, 0.6) is 0 Å². The SMILES string of the molecule is Cn1cc(Br)c2cc(CC3CCNC3)ccc21. The van der Waals surface area contributed by atoms with Crippen LogP contribution in [0.15, 0.2) is 28.9 Å². The Labute approximate surface area is 110 Å². The van der Waals surface area contributed by atoms with Crippen LogP contribution in [0, 0.1) is 5.92 Å². The molecule has 1 N–H and O–H groups in total. The first-order chi connectivity index (χ1) is 8.24. The lowest BCUT2D eigenvalue weighted by atomic mass is 9.98. The molecule has 2 aromatic rings. The third-order valence-corrected chi connectivity index (χ3v) is 4.32. The van der Waals surface area contributed by atoms with Gasteiger partial charge in [0.2, 0.25) is 0 Å². The van der Waals surface area contributed by atoms with Crippen molar-refractivity contribution in [3.8, 4) is 0 Å². The fourth-order valence-electron chi connectivity index (χ4n) is 2.74. The van der Waals surface area contributed by atoms with Crippen molar-refractivity contribution in [2.24, 2.45) is 13.0 Å². The molecule has 1 atom stereocenters. The number of nitrogens with one attached hydrogen (secondary N) is 1. The third kappa shape index (κ3) is 2.14. The zero-order valence-corrected chi connectivity index (χ0v) is 11.6. The van der Waals surface area contributed by atoms with Gasteiger partial charge >= 0.3 is 0 Å². The lowest BCUT2D eigenvalue weighted by molar-refractivity contribution is 0.580. The minimum atomic E-state index is 0.815. The van der Waals surface area contributed by atoms with Gasteiger partial charge in [0.15, 0.2) is 0 Å². The molecule has 0 aliphatic carbocycles. The van der Waals surface area contributed by atoms with Gasteiger partial charge in [-0.25, -0.2) is 0 Å². The Morgan fingerprint density at radius 2 is 2.35 bits per heavy atom. The summed E-state index contributed by atoms with van der Waals surface area (Å²) in [5, 5.41) is 4.76. The molecule has 1 aliphatic heterocycles. The van der Waals surface area contributed by atoms with Crippen molar-refractivity contribution in [2.45, 2.75) is 12.8 Å². The van der Waals surface area contributed by atoms with E-state index in [9.17, 15) is 0 Å².